The van der Waals surface area contributed by atoms with Gasteiger partial charge in [-0.15, -0.1) is 0 Å². The van der Waals surface area contributed by atoms with Crippen LogP contribution in [-0.2, 0) is 10.2 Å². The van der Waals surface area contributed by atoms with E-state index in [1.54, 1.807) is 7.05 Å². The molecule has 7 heteroatoms. The summed E-state index contributed by atoms with van der Waals surface area (Å²) in [6.45, 7) is 6.70. The fourth-order valence-corrected chi connectivity index (χ4v) is 3.07. The number of nitrogens with one attached hydrogen (secondary N) is 2. The van der Waals surface area contributed by atoms with Gasteiger partial charge in [0, 0.05) is 26.7 Å². The zero-order valence-corrected chi connectivity index (χ0v) is 14.0. The average molecular weight is 294 g/mol. The van der Waals surface area contributed by atoms with Crippen LogP contribution in [0.4, 0.5) is 0 Å². The molecule has 0 aromatic heterocycles. The third kappa shape index (κ3) is 8.54. The molecule has 0 amide bonds. The Morgan fingerprint density at radius 3 is 2.21 bits per heavy atom. The molecule has 0 aliphatic rings. The van der Waals surface area contributed by atoms with E-state index in [9.17, 15) is 8.42 Å². The van der Waals surface area contributed by atoms with Crippen LogP contribution in [0.1, 0.15) is 20.3 Å². The van der Waals surface area contributed by atoms with E-state index in [4.69, 9.17) is 0 Å². The highest BCUT2D eigenvalue weighted by Gasteiger charge is 2.24. The Balaban J connectivity index is 4.29. The van der Waals surface area contributed by atoms with Crippen molar-refractivity contribution in [1.82, 2.24) is 19.2 Å². The summed E-state index contributed by atoms with van der Waals surface area (Å²) in [5.74, 6) is 0. The number of rotatable bonds is 10. The first kappa shape index (κ1) is 18.8. The largest absolute Gasteiger partial charge is 0.320 e. The normalized spacial score (nSPS) is 13.5. The third-order valence-electron chi connectivity index (χ3n) is 2.79. The van der Waals surface area contributed by atoms with E-state index >= 15 is 0 Å². The third-order valence-corrected chi connectivity index (χ3v) is 4.30. The molecule has 0 radical (unpaired) electrons. The number of hydrogen-bond acceptors (Lipinski definition) is 4. The second-order valence-corrected chi connectivity index (χ2v) is 7.87. The summed E-state index contributed by atoms with van der Waals surface area (Å²) in [6, 6.07) is 0. The first-order valence-corrected chi connectivity index (χ1v) is 8.05. The van der Waals surface area contributed by atoms with Crippen LogP contribution >= 0.6 is 0 Å². The Bertz CT molecular complexity index is 342. The molecule has 0 saturated carbocycles. The van der Waals surface area contributed by atoms with Crippen molar-refractivity contribution in [3.8, 4) is 0 Å². The lowest BCUT2D eigenvalue weighted by molar-refractivity contribution is 0.241. The molecule has 0 rings (SSSR count). The van der Waals surface area contributed by atoms with Crippen molar-refractivity contribution < 1.29 is 8.42 Å². The molecule has 0 aliphatic heterocycles. The summed E-state index contributed by atoms with van der Waals surface area (Å²) in [5.41, 5.74) is -0.0949. The summed E-state index contributed by atoms with van der Waals surface area (Å²) in [6.07, 6.45) is 0.801. The quantitative estimate of drug-likeness (QED) is 0.555. The fraction of sp³-hybridized carbons (Fsp3) is 1.00. The van der Waals surface area contributed by atoms with Crippen molar-refractivity contribution in [1.29, 1.82) is 0 Å². The van der Waals surface area contributed by atoms with Crippen molar-refractivity contribution in [2.24, 2.45) is 5.41 Å². The molecule has 0 fully saturated rings. The number of nitrogens with zero attached hydrogens (tertiary/aromatic N) is 2. The molecule has 0 aromatic carbocycles. The van der Waals surface area contributed by atoms with Gasteiger partial charge >= 0.3 is 0 Å². The smallest absolute Gasteiger partial charge is 0.279 e. The van der Waals surface area contributed by atoms with Crippen molar-refractivity contribution in [3.63, 3.8) is 0 Å². The molecule has 6 nitrogen and oxygen atoms in total. The Morgan fingerprint density at radius 2 is 1.74 bits per heavy atom. The Kier molecular flexibility index (Phi) is 8.07. The molecule has 0 aromatic rings. The van der Waals surface area contributed by atoms with Crippen LogP contribution in [0.15, 0.2) is 0 Å². The minimum absolute atomic E-state index is 0.0949. The van der Waals surface area contributed by atoms with E-state index < -0.39 is 10.2 Å². The van der Waals surface area contributed by atoms with Crippen LogP contribution < -0.4 is 10.0 Å². The van der Waals surface area contributed by atoms with Gasteiger partial charge in [-0.25, -0.2) is 4.72 Å². The van der Waals surface area contributed by atoms with Gasteiger partial charge in [0.15, 0.2) is 0 Å². The van der Waals surface area contributed by atoms with Crippen LogP contribution in [0.3, 0.4) is 0 Å². The maximum Gasteiger partial charge on any atom is 0.279 e. The monoisotopic (exact) mass is 294 g/mol. The summed E-state index contributed by atoms with van der Waals surface area (Å²) in [4.78, 5) is 2.06. The lowest BCUT2D eigenvalue weighted by Crippen LogP contribution is -2.45. The van der Waals surface area contributed by atoms with Gasteiger partial charge in [-0.1, -0.05) is 13.8 Å². The molecule has 19 heavy (non-hydrogen) atoms. The van der Waals surface area contributed by atoms with Crippen molar-refractivity contribution in [2.45, 2.75) is 20.3 Å². The van der Waals surface area contributed by atoms with Gasteiger partial charge < -0.3 is 10.2 Å². The second-order valence-electron chi connectivity index (χ2n) is 6.01. The van der Waals surface area contributed by atoms with E-state index in [-0.39, 0.29) is 5.41 Å². The van der Waals surface area contributed by atoms with E-state index in [0.29, 0.717) is 13.1 Å². The van der Waals surface area contributed by atoms with E-state index in [2.05, 4.69) is 28.8 Å². The van der Waals surface area contributed by atoms with E-state index in [0.717, 1.165) is 19.5 Å². The average Bonchev–Trinajstić information content (AvgIpc) is 2.25. The molecular formula is C12H30N4O2S. The predicted molar refractivity (Wildman–Crippen MR) is 80.4 cm³/mol. The van der Waals surface area contributed by atoms with Gasteiger partial charge in [-0.05, 0) is 39.5 Å². The fourth-order valence-electron chi connectivity index (χ4n) is 1.91. The minimum Gasteiger partial charge on any atom is -0.320 e. The molecule has 0 heterocycles. The van der Waals surface area contributed by atoms with E-state index in [1.807, 2.05) is 21.1 Å². The van der Waals surface area contributed by atoms with Gasteiger partial charge in [0.2, 0.25) is 0 Å². The molecule has 0 unspecified atom stereocenters. The molecule has 0 bridgehead atoms. The summed E-state index contributed by atoms with van der Waals surface area (Å²) in [5, 5.41) is 3.00. The van der Waals surface area contributed by atoms with Gasteiger partial charge in [0.1, 0.15) is 0 Å². The molecule has 116 valence electrons. The maximum atomic E-state index is 12.0. The van der Waals surface area contributed by atoms with Gasteiger partial charge in [-0.3, -0.25) is 0 Å². The first-order chi connectivity index (χ1) is 8.60. The highest BCUT2D eigenvalue weighted by atomic mass is 32.2. The predicted octanol–water partition coefficient (Wildman–Crippen LogP) is -0.0501. The Labute approximate surface area is 118 Å². The lowest BCUT2D eigenvalue weighted by atomic mass is 9.93. The number of hydrogen-bond donors (Lipinski definition) is 2. The van der Waals surface area contributed by atoms with Gasteiger partial charge in [-0.2, -0.15) is 12.7 Å². The molecule has 0 spiro atoms. The zero-order chi connectivity index (χ0) is 15.1. The molecule has 0 atom stereocenters. The summed E-state index contributed by atoms with van der Waals surface area (Å²) in [7, 11) is 4.07. The van der Waals surface area contributed by atoms with E-state index in [1.165, 1.54) is 4.31 Å². The van der Waals surface area contributed by atoms with Gasteiger partial charge in [0.25, 0.3) is 10.2 Å². The minimum atomic E-state index is -3.37. The zero-order valence-electron chi connectivity index (χ0n) is 13.2. The van der Waals surface area contributed by atoms with Crippen molar-refractivity contribution in [2.75, 3.05) is 54.4 Å². The van der Waals surface area contributed by atoms with Crippen LogP contribution in [0.2, 0.25) is 0 Å². The van der Waals surface area contributed by atoms with Gasteiger partial charge in [0.05, 0.1) is 0 Å². The molecule has 2 N–H and O–H groups in total. The topological polar surface area (TPSA) is 64.7 Å². The van der Waals surface area contributed by atoms with Crippen LogP contribution in [-0.4, -0.2) is 72.0 Å². The Morgan fingerprint density at radius 1 is 1.16 bits per heavy atom. The highest BCUT2D eigenvalue weighted by Crippen LogP contribution is 2.14. The highest BCUT2D eigenvalue weighted by molar-refractivity contribution is 7.87. The standard InChI is InChI=1S/C12H30N4O2S/c1-12(2,11-15(4)5)10-14-19(17,18)16(6)9-7-8-13-3/h13-14H,7-11H2,1-6H3. The van der Waals surface area contributed by atoms with Crippen LogP contribution in [0.5, 0.6) is 0 Å². The van der Waals surface area contributed by atoms with Crippen molar-refractivity contribution >= 4 is 10.2 Å². The first-order valence-electron chi connectivity index (χ1n) is 6.61. The summed E-state index contributed by atoms with van der Waals surface area (Å²) >= 11 is 0. The Hall–Kier alpha value is -0.210. The SMILES string of the molecule is CNCCCN(C)S(=O)(=O)NCC(C)(C)CN(C)C. The molecular weight excluding hydrogens is 264 g/mol. The van der Waals surface area contributed by atoms with Crippen LogP contribution in [0.25, 0.3) is 0 Å². The second kappa shape index (κ2) is 8.16. The molecule has 0 aliphatic carbocycles. The van der Waals surface area contributed by atoms with Crippen molar-refractivity contribution in [3.05, 3.63) is 0 Å². The lowest BCUT2D eigenvalue weighted by Gasteiger charge is -2.29. The summed E-state index contributed by atoms with van der Waals surface area (Å²) < 4.78 is 28.1. The molecule has 0 saturated heterocycles. The van der Waals surface area contributed by atoms with Crippen LogP contribution in [0, 0.1) is 5.41 Å². The maximum absolute atomic E-state index is 12.0.